The number of carboxylic acids is 1. The third-order valence-corrected chi connectivity index (χ3v) is 4.10. The van der Waals surface area contributed by atoms with Crippen LogP contribution in [0.2, 0.25) is 0 Å². The first kappa shape index (κ1) is 28.6. The van der Waals surface area contributed by atoms with Gasteiger partial charge in [0.15, 0.2) is 6.10 Å². The third-order valence-electron chi connectivity index (χ3n) is 4.10. The fourth-order valence-corrected chi connectivity index (χ4v) is 2.55. The first-order chi connectivity index (χ1) is 14.7. The normalized spacial score (nSPS) is 22.3. The van der Waals surface area contributed by atoms with E-state index in [0.29, 0.717) is 11.4 Å². The molecule has 1 aromatic rings. The molecule has 1 heterocycles. The average molecular weight is 444 g/mol. The minimum atomic E-state index is -1.58. The summed E-state index contributed by atoms with van der Waals surface area (Å²) in [6.45, 7) is 11.6. The molecule has 0 aliphatic carbocycles. The zero-order valence-electron chi connectivity index (χ0n) is 19.4. The molecule has 0 aromatic heterocycles. The Balaban J connectivity index is 0.00000212. The molecule has 1 aliphatic heterocycles. The molecule has 1 fully saturated rings. The summed E-state index contributed by atoms with van der Waals surface area (Å²) in [5, 5.41) is 31.6. The van der Waals surface area contributed by atoms with E-state index in [1.54, 1.807) is 39.1 Å². The standard InChI is InChI=1S/C18H25NO8.2C2H6/c1-9(2)18(24)25-8-10-4-5-13(11(6-10)19-3)26-14-7-12(20)15(21)16(27-14)17(22)23;2*1-2/h4-6,9,12,14-16,19-21H,7-8H2,1-3H3,(H,22,23);2*1-2H3/t12?,14-,15-,16?;;/m0../s1. The van der Waals surface area contributed by atoms with Crippen molar-refractivity contribution in [3.63, 3.8) is 0 Å². The van der Waals surface area contributed by atoms with Gasteiger partial charge in [0.25, 0.3) is 0 Å². The number of carbonyl (C=O) groups excluding carboxylic acids is 1. The fourth-order valence-electron chi connectivity index (χ4n) is 2.55. The molecular weight excluding hydrogens is 406 g/mol. The van der Waals surface area contributed by atoms with Gasteiger partial charge in [0.2, 0.25) is 6.29 Å². The lowest BCUT2D eigenvalue weighted by Gasteiger charge is -2.35. The average Bonchev–Trinajstić information content (AvgIpc) is 2.77. The van der Waals surface area contributed by atoms with Crippen molar-refractivity contribution in [2.24, 2.45) is 5.92 Å². The Morgan fingerprint density at radius 1 is 1.19 bits per heavy atom. The maximum atomic E-state index is 11.6. The Kier molecular flexibility index (Phi) is 13.5. The molecular formula is C22H37NO8. The van der Waals surface area contributed by atoms with E-state index in [1.807, 2.05) is 27.7 Å². The van der Waals surface area contributed by atoms with Gasteiger partial charge in [-0.3, -0.25) is 4.79 Å². The molecule has 9 heteroatoms. The largest absolute Gasteiger partial charge is 0.479 e. The number of carbonyl (C=O) groups is 2. The molecule has 0 bridgehead atoms. The maximum Gasteiger partial charge on any atom is 0.335 e. The molecule has 9 nitrogen and oxygen atoms in total. The number of aliphatic carboxylic acids is 1. The van der Waals surface area contributed by atoms with Crippen molar-refractivity contribution in [1.29, 1.82) is 0 Å². The van der Waals surface area contributed by atoms with Crippen LogP contribution in [0.25, 0.3) is 0 Å². The van der Waals surface area contributed by atoms with Gasteiger partial charge in [0, 0.05) is 13.5 Å². The number of nitrogens with one attached hydrogen (secondary N) is 1. The Labute approximate surface area is 184 Å². The summed E-state index contributed by atoms with van der Waals surface area (Å²) in [6, 6.07) is 5.05. The number of ether oxygens (including phenoxy) is 3. The summed E-state index contributed by atoms with van der Waals surface area (Å²) in [5.41, 5.74) is 1.31. The van der Waals surface area contributed by atoms with E-state index >= 15 is 0 Å². The molecule has 1 aliphatic rings. The number of aliphatic hydroxyl groups is 2. The summed E-state index contributed by atoms with van der Waals surface area (Å²) in [4.78, 5) is 22.7. The summed E-state index contributed by atoms with van der Waals surface area (Å²) < 4.78 is 16.1. The van der Waals surface area contributed by atoms with Crippen molar-refractivity contribution in [2.75, 3.05) is 12.4 Å². The SMILES string of the molecule is CC.CC.CNc1cc(COC(=O)C(C)C)ccc1O[C@@H]1CC(O)[C@H](O)C(C(=O)O)O1. The zero-order valence-corrected chi connectivity index (χ0v) is 19.4. The van der Waals surface area contributed by atoms with Crippen LogP contribution in [0.4, 0.5) is 5.69 Å². The predicted molar refractivity (Wildman–Crippen MR) is 117 cm³/mol. The highest BCUT2D eigenvalue weighted by atomic mass is 16.7. The molecule has 1 saturated heterocycles. The maximum absolute atomic E-state index is 11.6. The first-order valence-corrected chi connectivity index (χ1v) is 10.6. The Morgan fingerprint density at radius 2 is 1.81 bits per heavy atom. The number of rotatable bonds is 7. The van der Waals surface area contributed by atoms with Gasteiger partial charge in [-0.05, 0) is 17.7 Å². The molecule has 2 unspecified atom stereocenters. The van der Waals surface area contributed by atoms with E-state index in [2.05, 4.69) is 5.32 Å². The van der Waals surface area contributed by atoms with Crippen LogP contribution in [-0.2, 0) is 25.7 Å². The monoisotopic (exact) mass is 443 g/mol. The molecule has 4 atom stereocenters. The highest BCUT2D eigenvalue weighted by Gasteiger charge is 2.42. The second kappa shape index (κ2) is 14.6. The van der Waals surface area contributed by atoms with Crippen LogP contribution in [0, 0.1) is 5.92 Å². The van der Waals surface area contributed by atoms with Crippen molar-refractivity contribution >= 4 is 17.6 Å². The van der Waals surface area contributed by atoms with Gasteiger partial charge in [0.1, 0.15) is 18.5 Å². The van der Waals surface area contributed by atoms with Gasteiger partial charge in [0.05, 0.1) is 17.7 Å². The van der Waals surface area contributed by atoms with Crippen LogP contribution >= 0.6 is 0 Å². The van der Waals surface area contributed by atoms with E-state index in [1.165, 1.54) is 0 Å². The number of benzene rings is 1. The molecule has 0 radical (unpaired) electrons. The van der Waals surface area contributed by atoms with Gasteiger partial charge in [-0.2, -0.15) is 0 Å². The number of esters is 1. The molecule has 4 N–H and O–H groups in total. The van der Waals surface area contributed by atoms with E-state index in [-0.39, 0.29) is 24.9 Å². The molecule has 1 aromatic carbocycles. The van der Waals surface area contributed by atoms with Crippen molar-refractivity contribution in [1.82, 2.24) is 0 Å². The lowest BCUT2D eigenvalue weighted by atomic mass is 10.0. The summed E-state index contributed by atoms with van der Waals surface area (Å²) in [7, 11) is 1.67. The molecule has 0 amide bonds. The van der Waals surface area contributed by atoms with Crippen LogP contribution in [-0.4, -0.2) is 58.9 Å². The van der Waals surface area contributed by atoms with Gasteiger partial charge >= 0.3 is 11.9 Å². The number of carboxylic acid groups (broad SMARTS) is 1. The number of aliphatic hydroxyl groups excluding tert-OH is 2. The smallest absolute Gasteiger partial charge is 0.335 e. The minimum Gasteiger partial charge on any atom is -0.479 e. The van der Waals surface area contributed by atoms with Gasteiger partial charge < -0.3 is 34.8 Å². The lowest BCUT2D eigenvalue weighted by Crippen LogP contribution is -2.53. The second-order valence-corrected chi connectivity index (χ2v) is 6.58. The molecule has 31 heavy (non-hydrogen) atoms. The molecule has 2 rings (SSSR count). The molecule has 0 spiro atoms. The summed E-state index contributed by atoms with van der Waals surface area (Å²) >= 11 is 0. The predicted octanol–water partition coefficient (Wildman–Crippen LogP) is 2.78. The fraction of sp³-hybridized carbons (Fsp3) is 0.636. The highest BCUT2D eigenvalue weighted by Crippen LogP contribution is 2.30. The van der Waals surface area contributed by atoms with Gasteiger partial charge in [-0.25, -0.2) is 4.79 Å². The molecule has 178 valence electrons. The second-order valence-electron chi connectivity index (χ2n) is 6.58. The minimum absolute atomic E-state index is 0.0815. The van der Waals surface area contributed by atoms with Crippen LogP contribution in [0.1, 0.15) is 53.5 Å². The Bertz CT molecular complexity index is 679. The quantitative estimate of drug-likeness (QED) is 0.469. The van der Waals surface area contributed by atoms with E-state index < -0.39 is 30.6 Å². The topological polar surface area (TPSA) is 135 Å². The van der Waals surface area contributed by atoms with Crippen LogP contribution in [0.5, 0.6) is 5.75 Å². The lowest BCUT2D eigenvalue weighted by molar-refractivity contribution is -0.228. The molecule has 0 saturated carbocycles. The number of hydrogen-bond donors (Lipinski definition) is 4. The van der Waals surface area contributed by atoms with Gasteiger partial charge in [-0.1, -0.05) is 47.6 Å². The van der Waals surface area contributed by atoms with Crippen molar-refractivity contribution in [3.05, 3.63) is 23.8 Å². The highest BCUT2D eigenvalue weighted by molar-refractivity contribution is 5.73. The van der Waals surface area contributed by atoms with Crippen LogP contribution in [0.3, 0.4) is 0 Å². The van der Waals surface area contributed by atoms with E-state index in [9.17, 15) is 19.8 Å². The van der Waals surface area contributed by atoms with Gasteiger partial charge in [-0.15, -0.1) is 0 Å². The van der Waals surface area contributed by atoms with E-state index in [4.69, 9.17) is 19.3 Å². The number of anilines is 1. The number of hydrogen-bond acceptors (Lipinski definition) is 8. The Hall–Kier alpha value is -2.36. The van der Waals surface area contributed by atoms with Crippen molar-refractivity contribution < 1.29 is 39.1 Å². The van der Waals surface area contributed by atoms with Crippen LogP contribution < -0.4 is 10.1 Å². The third kappa shape index (κ3) is 8.72. The van der Waals surface area contributed by atoms with E-state index in [0.717, 1.165) is 5.56 Å². The first-order valence-electron chi connectivity index (χ1n) is 10.6. The summed E-state index contributed by atoms with van der Waals surface area (Å²) in [6.07, 6.45) is -5.50. The van der Waals surface area contributed by atoms with Crippen molar-refractivity contribution in [3.8, 4) is 5.75 Å². The Morgan fingerprint density at radius 3 is 2.32 bits per heavy atom. The zero-order chi connectivity index (χ0) is 24.1. The van der Waals surface area contributed by atoms with Crippen molar-refractivity contribution in [2.45, 2.75) is 79.2 Å². The summed E-state index contributed by atoms with van der Waals surface area (Å²) in [5.74, 6) is -1.53. The van der Waals surface area contributed by atoms with Crippen LogP contribution in [0.15, 0.2) is 18.2 Å².